The molecule has 0 atom stereocenters. The molecule has 0 bridgehead atoms. The van der Waals surface area contributed by atoms with Crippen molar-refractivity contribution in [2.24, 2.45) is 0 Å². The Morgan fingerprint density at radius 3 is 2.96 bits per heavy atom. The number of pyridine rings is 1. The fraction of sp³-hybridized carbons (Fsp3) is 0.222. The van der Waals surface area contributed by atoms with Crippen LogP contribution in [0.5, 0.6) is 0 Å². The van der Waals surface area contributed by atoms with E-state index in [1.807, 2.05) is 37.5 Å². The third-order valence-corrected chi connectivity index (χ3v) is 5.50. The van der Waals surface area contributed by atoms with Gasteiger partial charge in [-0.2, -0.15) is 9.61 Å². The molecule has 0 unspecified atom stereocenters. The number of fused-ring (bicyclic) bond motifs is 4. The normalized spacial score (nSPS) is 14.5. The van der Waals surface area contributed by atoms with Crippen LogP contribution in [-0.2, 0) is 11.3 Å². The largest absolute Gasteiger partial charge is 0.397 e. The summed E-state index contributed by atoms with van der Waals surface area (Å²) in [6.07, 6.45) is 1.83. The van der Waals surface area contributed by atoms with E-state index in [-0.39, 0.29) is 0 Å². The second-order valence-electron chi connectivity index (χ2n) is 6.47. The fourth-order valence-electron chi connectivity index (χ4n) is 3.33. The van der Waals surface area contributed by atoms with Gasteiger partial charge in [0.05, 0.1) is 36.3 Å². The molecule has 8 nitrogen and oxygen atoms in total. The van der Waals surface area contributed by atoms with Crippen LogP contribution in [0.3, 0.4) is 0 Å². The van der Waals surface area contributed by atoms with E-state index in [1.54, 1.807) is 4.52 Å². The summed E-state index contributed by atoms with van der Waals surface area (Å²) >= 11 is 3.54. The molecular formula is C18H16BrN7O. The van der Waals surface area contributed by atoms with E-state index in [0.717, 1.165) is 33.2 Å². The van der Waals surface area contributed by atoms with Gasteiger partial charge < -0.3 is 15.4 Å². The number of hydrogen-bond acceptors (Lipinski definition) is 7. The van der Waals surface area contributed by atoms with Crippen LogP contribution >= 0.6 is 15.9 Å². The van der Waals surface area contributed by atoms with E-state index in [4.69, 9.17) is 15.5 Å². The van der Waals surface area contributed by atoms with Crippen molar-refractivity contribution in [2.75, 3.05) is 30.8 Å². The van der Waals surface area contributed by atoms with Gasteiger partial charge in [0.15, 0.2) is 5.65 Å². The van der Waals surface area contributed by atoms with Gasteiger partial charge in [-0.05, 0) is 24.3 Å². The molecule has 0 radical (unpaired) electrons. The van der Waals surface area contributed by atoms with Gasteiger partial charge in [-0.15, -0.1) is 10.2 Å². The Morgan fingerprint density at radius 1 is 1.19 bits per heavy atom. The first-order chi connectivity index (χ1) is 13.1. The van der Waals surface area contributed by atoms with Crippen molar-refractivity contribution in [1.82, 2.24) is 24.8 Å². The molecule has 4 aromatic rings. The molecule has 27 heavy (non-hydrogen) atoms. The maximum atomic E-state index is 6.12. The van der Waals surface area contributed by atoms with Crippen molar-refractivity contribution in [1.29, 1.82) is 0 Å². The number of hydrogen-bond donors (Lipinski definition) is 1. The van der Waals surface area contributed by atoms with Gasteiger partial charge in [-0.3, -0.25) is 0 Å². The molecule has 0 amide bonds. The van der Waals surface area contributed by atoms with Crippen molar-refractivity contribution >= 4 is 43.9 Å². The minimum absolute atomic E-state index is 0.481. The third-order valence-electron chi connectivity index (χ3n) is 4.81. The van der Waals surface area contributed by atoms with Gasteiger partial charge in [0.2, 0.25) is 5.82 Å². The molecule has 0 spiro atoms. The zero-order valence-electron chi connectivity index (χ0n) is 14.6. The zero-order valence-corrected chi connectivity index (χ0v) is 16.1. The average molecular weight is 426 g/mol. The molecule has 1 aliphatic heterocycles. The van der Waals surface area contributed by atoms with Crippen LogP contribution < -0.4 is 10.6 Å². The number of ether oxygens (including phenoxy) is 1. The summed E-state index contributed by atoms with van der Waals surface area (Å²) < 4.78 is 8.37. The molecule has 9 heteroatoms. The number of nitrogen functional groups attached to an aromatic ring is 1. The molecule has 0 aliphatic carbocycles. The highest BCUT2D eigenvalue weighted by Crippen LogP contribution is 2.31. The quantitative estimate of drug-likeness (QED) is 0.468. The standard InChI is InChI=1S/C18H16BrN7O/c1-25-6-7-27-9-11-15(25)8-21-26-17(11)23-24-18(26)14-5-2-10-12(19)3-4-13(20)16(10)22-14/h2-5,8H,6-7,9,20H2,1H3. The predicted molar refractivity (Wildman–Crippen MR) is 107 cm³/mol. The van der Waals surface area contributed by atoms with Gasteiger partial charge in [0.1, 0.15) is 5.69 Å². The molecule has 2 N–H and O–H groups in total. The number of halogens is 1. The van der Waals surface area contributed by atoms with E-state index >= 15 is 0 Å². The van der Waals surface area contributed by atoms with Crippen molar-refractivity contribution in [3.8, 4) is 11.5 Å². The Labute approximate surface area is 163 Å². The fourth-order valence-corrected chi connectivity index (χ4v) is 3.79. The topological polar surface area (TPSA) is 94.5 Å². The minimum Gasteiger partial charge on any atom is -0.397 e. The van der Waals surface area contributed by atoms with Crippen LogP contribution in [0, 0.1) is 0 Å². The number of nitrogens with two attached hydrogens (primary N) is 1. The van der Waals surface area contributed by atoms with Gasteiger partial charge in [0, 0.05) is 29.0 Å². The summed E-state index contributed by atoms with van der Waals surface area (Å²) in [5.74, 6) is 0.570. The molecule has 0 fully saturated rings. The summed E-state index contributed by atoms with van der Waals surface area (Å²) in [6, 6.07) is 7.62. The molecule has 3 aromatic heterocycles. The van der Waals surface area contributed by atoms with Crippen molar-refractivity contribution in [3.63, 3.8) is 0 Å². The van der Waals surface area contributed by atoms with E-state index in [0.29, 0.717) is 36.1 Å². The first-order valence-electron chi connectivity index (χ1n) is 8.51. The van der Waals surface area contributed by atoms with Crippen molar-refractivity contribution in [3.05, 3.63) is 40.5 Å². The molecule has 5 rings (SSSR count). The van der Waals surface area contributed by atoms with Crippen LogP contribution in [0.1, 0.15) is 5.56 Å². The van der Waals surface area contributed by atoms with Crippen LogP contribution in [0.25, 0.3) is 28.1 Å². The van der Waals surface area contributed by atoms with E-state index < -0.39 is 0 Å². The maximum absolute atomic E-state index is 6.12. The number of aromatic nitrogens is 5. The van der Waals surface area contributed by atoms with E-state index in [9.17, 15) is 0 Å². The Balaban J connectivity index is 1.71. The Bertz CT molecular complexity index is 1190. The SMILES string of the molecule is CN1CCOCc2c1cnn1c(-c3ccc4c(Br)ccc(N)c4n3)nnc21. The number of likely N-dealkylation sites (N-methyl/N-ethyl adjacent to an activating group) is 1. The lowest BCUT2D eigenvalue weighted by atomic mass is 10.1. The number of benzene rings is 1. The molecule has 0 saturated carbocycles. The summed E-state index contributed by atoms with van der Waals surface area (Å²) in [6.45, 7) is 1.96. The number of rotatable bonds is 1. The minimum atomic E-state index is 0.481. The van der Waals surface area contributed by atoms with Gasteiger partial charge >= 0.3 is 0 Å². The zero-order chi connectivity index (χ0) is 18.5. The van der Waals surface area contributed by atoms with Crippen molar-refractivity contribution < 1.29 is 4.74 Å². The summed E-state index contributed by atoms with van der Waals surface area (Å²) in [5.41, 5.74) is 10.8. The van der Waals surface area contributed by atoms with Gasteiger partial charge in [-0.1, -0.05) is 15.9 Å². The van der Waals surface area contributed by atoms with E-state index in [1.165, 1.54) is 0 Å². The molecule has 136 valence electrons. The Morgan fingerprint density at radius 2 is 2.07 bits per heavy atom. The van der Waals surface area contributed by atoms with Crippen LogP contribution in [0.15, 0.2) is 34.9 Å². The van der Waals surface area contributed by atoms with Crippen LogP contribution in [0.4, 0.5) is 11.4 Å². The second-order valence-corrected chi connectivity index (χ2v) is 7.33. The first kappa shape index (κ1) is 16.4. The lowest BCUT2D eigenvalue weighted by Crippen LogP contribution is -2.21. The summed E-state index contributed by atoms with van der Waals surface area (Å²) in [7, 11) is 2.02. The number of anilines is 2. The van der Waals surface area contributed by atoms with Crippen molar-refractivity contribution in [2.45, 2.75) is 6.61 Å². The maximum Gasteiger partial charge on any atom is 0.203 e. The number of nitrogens with zero attached hydrogens (tertiary/aromatic N) is 6. The smallest absolute Gasteiger partial charge is 0.203 e. The van der Waals surface area contributed by atoms with E-state index in [2.05, 4.69) is 36.1 Å². The summed E-state index contributed by atoms with van der Waals surface area (Å²) in [4.78, 5) is 6.83. The lowest BCUT2D eigenvalue weighted by Gasteiger charge is -2.17. The van der Waals surface area contributed by atoms with Crippen LogP contribution in [0.2, 0.25) is 0 Å². The molecule has 1 aromatic carbocycles. The molecule has 1 aliphatic rings. The molecular weight excluding hydrogens is 410 g/mol. The highest BCUT2D eigenvalue weighted by atomic mass is 79.9. The highest BCUT2D eigenvalue weighted by molar-refractivity contribution is 9.10. The second kappa shape index (κ2) is 6.14. The monoisotopic (exact) mass is 425 g/mol. The highest BCUT2D eigenvalue weighted by Gasteiger charge is 2.21. The predicted octanol–water partition coefficient (Wildman–Crippen LogP) is 2.65. The van der Waals surface area contributed by atoms with Crippen LogP contribution in [-0.4, -0.2) is 45.0 Å². The third kappa shape index (κ3) is 2.54. The Kier molecular flexibility index (Phi) is 3.73. The average Bonchev–Trinajstić information content (AvgIpc) is 3.03. The van der Waals surface area contributed by atoms with Gasteiger partial charge in [-0.25, -0.2) is 4.98 Å². The van der Waals surface area contributed by atoms with Gasteiger partial charge in [0.25, 0.3) is 0 Å². The molecule has 0 saturated heterocycles. The Hall–Kier alpha value is -2.78. The molecule has 4 heterocycles. The first-order valence-corrected chi connectivity index (χ1v) is 9.30. The summed E-state index contributed by atoms with van der Waals surface area (Å²) in [5, 5.41) is 14.2. The lowest BCUT2D eigenvalue weighted by molar-refractivity contribution is 0.133.